The zero-order valence-electron chi connectivity index (χ0n) is 19.3. The topological polar surface area (TPSA) is 49.9 Å². The van der Waals surface area contributed by atoms with Crippen LogP contribution < -0.4 is 9.64 Å². The molecule has 34 heavy (non-hydrogen) atoms. The standard InChI is InChI=1S/C29H28N2O3/c1-34-25-14-12-24(13-15-25)31-28(32)26(23-10-6-3-7-11-23)27(29(31)33)30-18-16-22(17-19-30)20-21-8-4-2-5-9-21/h2-15,22H,16-20H2,1H3. The molecule has 0 aliphatic carbocycles. The number of hydrogen-bond donors (Lipinski definition) is 0. The first-order valence-electron chi connectivity index (χ1n) is 11.8. The van der Waals surface area contributed by atoms with Gasteiger partial charge in [-0.25, -0.2) is 4.90 Å². The molecule has 3 aromatic carbocycles. The lowest BCUT2D eigenvalue weighted by Crippen LogP contribution is -2.39. The third kappa shape index (κ3) is 4.21. The molecule has 0 saturated carbocycles. The van der Waals surface area contributed by atoms with Crippen LogP contribution in [0.5, 0.6) is 5.75 Å². The van der Waals surface area contributed by atoms with Crippen molar-refractivity contribution in [2.45, 2.75) is 19.3 Å². The first-order chi connectivity index (χ1) is 16.7. The molecule has 5 nitrogen and oxygen atoms in total. The smallest absolute Gasteiger partial charge is 0.282 e. The molecule has 2 aliphatic heterocycles. The molecule has 0 radical (unpaired) electrons. The normalized spacial score (nSPS) is 17.0. The number of ether oxygens (including phenoxy) is 1. The highest BCUT2D eigenvalue weighted by molar-refractivity contribution is 6.45. The second-order valence-electron chi connectivity index (χ2n) is 8.85. The van der Waals surface area contributed by atoms with Crippen LogP contribution in [0, 0.1) is 5.92 Å². The summed E-state index contributed by atoms with van der Waals surface area (Å²) in [6.07, 6.45) is 3.03. The van der Waals surface area contributed by atoms with Gasteiger partial charge in [0.25, 0.3) is 11.8 Å². The molecular formula is C29H28N2O3. The molecule has 2 heterocycles. The Morgan fingerprint density at radius 1 is 0.794 bits per heavy atom. The first kappa shape index (κ1) is 22.0. The summed E-state index contributed by atoms with van der Waals surface area (Å²) >= 11 is 0. The Morgan fingerprint density at radius 3 is 2.03 bits per heavy atom. The Hall–Kier alpha value is -3.86. The molecule has 1 saturated heterocycles. The second-order valence-corrected chi connectivity index (χ2v) is 8.85. The summed E-state index contributed by atoms with van der Waals surface area (Å²) in [7, 11) is 1.59. The average Bonchev–Trinajstić information content (AvgIpc) is 3.15. The van der Waals surface area contributed by atoms with Gasteiger partial charge in [-0.1, -0.05) is 60.7 Å². The van der Waals surface area contributed by atoms with Crippen molar-refractivity contribution in [1.82, 2.24) is 4.90 Å². The number of anilines is 1. The summed E-state index contributed by atoms with van der Waals surface area (Å²) in [4.78, 5) is 30.7. The number of carbonyl (C=O) groups is 2. The largest absolute Gasteiger partial charge is 0.497 e. The van der Waals surface area contributed by atoms with E-state index in [1.54, 1.807) is 31.4 Å². The number of piperidine rings is 1. The minimum Gasteiger partial charge on any atom is -0.497 e. The van der Waals surface area contributed by atoms with Crippen LogP contribution in [0.4, 0.5) is 5.69 Å². The number of likely N-dealkylation sites (tertiary alicyclic amines) is 1. The number of hydrogen-bond acceptors (Lipinski definition) is 4. The summed E-state index contributed by atoms with van der Waals surface area (Å²) < 4.78 is 5.24. The number of imide groups is 1. The number of methoxy groups -OCH3 is 1. The summed E-state index contributed by atoms with van der Waals surface area (Å²) in [5.74, 6) is 0.724. The van der Waals surface area contributed by atoms with E-state index in [-0.39, 0.29) is 11.8 Å². The van der Waals surface area contributed by atoms with E-state index in [0.717, 1.165) is 37.9 Å². The fraction of sp³-hybridized carbons (Fsp3) is 0.241. The van der Waals surface area contributed by atoms with Gasteiger partial charge in [0.05, 0.1) is 18.4 Å². The van der Waals surface area contributed by atoms with Gasteiger partial charge in [0.2, 0.25) is 0 Å². The lowest BCUT2D eigenvalue weighted by molar-refractivity contribution is -0.120. The zero-order chi connectivity index (χ0) is 23.5. The number of nitrogens with zero attached hydrogens (tertiary/aromatic N) is 2. The van der Waals surface area contributed by atoms with Crippen LogP contribution in [0.15, 0.2) is 90.6 Å². The maximum Gasteiger partial charge on any atom is 0.282 e. The summed E-state index contributed by atoms with van der Waals surface area (Å²) in [6.45, 7) is 1.53. The van der Waals surface area contributed by atoms with Crippen molar-refractivity contribution in [2.24, 2.45) is 5.92 Å². The highest BCUT2D eigenvalue weighted by atomic mass is 16.5. The molecule has 0 aromatic heterocycles. The van der Waals surface area contributed by atoms with Crippen molar-refractivity contribution in [2.75, 3.05) is 25.1 Å². The third-order valence-electron chi connectivity index (χ3n) is 6.75. The van der Waals surface area contributed by atoms with Gasteiger partial charge in [-0.05, 0) is 60.6 Å². The fourth-order valence-corrected chi connectivity index (χ4v) is 4.95. The van der Waals surface area contributed by atoms with Gasteiger partial charge >= 0.3 is 0 Å². The Balaban J connectivity index is 1.42. The maximum atomic E-state index is 13.7. The van der Waals surface area contributed by atoms with Gasteiger partial charge in [0.15, 0.2) is 0 Å². The van der Waals surface area contributed by atoms with Gasteiger partial charge in [0, 0.05) is 13.1 Å². The SMILES string of the molecule is COc1ccc(N2C(=O)C(c3ccccc3)=C(N3CCC(Cc4ccccc4)CC3)C2=O)cc1. The Morgan fingerprint density at radius 2 is 1.41 bits per heavy atom. The zero-order valence-corrected chi connectivity index (χ0v) is 19.3. The molecule has 0 spiro atoms. The molecule has 2 amide bonds. The van der Waals surface area contributed by atoms with Crippen LogP contribution in [0.3, 0.4) is 0 Å². The fourth-order valence-electron chi connectivity index (χ4n) is 4.95. The highest BCUT2D eigenvalue weighted by Crippen LogP contribution is 2.37. The molecule has 1 fully saturated rings. The molecule has 0 unspecified atom stereocenters. The van der Waals surface area contributed by atoms with Crippen LogP contribution in [0.1, 0.15) is 24.0 Å². The predicted octanol–water partition coefficient (Wildman–Crippen LogP) is 4.93. The van der Waals surface area contributed by atoms with Gasteiger partial charge in [-0.3, -0.25) is 9.59 Å². The van der Waals surface area contributed by atoms with Crippen molar-refractivity contribution in [1.29, 1.82) is 0 Å². The third-order valence-corrected chi connectivity index (χ3v) is 6.75. The van der Waals surface area contributed by atoms with Crippen LogP contribution in [0.2, 0.25) is 0 Å². The van der Waals surface area contributed by atoms with E-state index < -0.39 is 0 Å². The van der Waals surface area contributed by atoms with E-state index in [1.165, 1.54) is 10.5 Å². The number of carbonyl (C=O) groups excluding carboxylic acids is 2. The molecule has 0 N–H and O–H groups in total. The van der Waals surface area contributed by atoms with Gasteiger partial charge in [-0.15, -0.1) is 0 Å². The second kappa shape index (κ2) is 9.56. The Bertz CT molecular complexity index is 1200. The Labute approximate surface area is 200 Å². The summed E-state index contributed by atoms with van der Waals surface area (Å²) in [5.41, 5.74) is 3.69. The number of amides is 2. The van der Waals surface area contributed by atoms with E-state index in [1.807, 2.05) is 36.4 Å². The molecule has 2 aliphatic rings. The molecule has 0 bridgehead atoms. The van der Waals surface area contributed by atoms with Gasteiger partial charge in [0.1, 0.15) is 11.4 Å². The lowest BCUT2D eigenvalue weighted by Gasteiger charge is -2.34. The van der Waals surface area contributed by atoms with E-state index in [0.29, 0.717) is 28.6 Å². The molecule has 3 aromatic rings. The van der Waals surface area contributed by atoms with Gasteiger partial charge < -0.3 is 9.64 Å². The predicted molar refractivity (Wildman–Crippen MR) is 133 cm³/mol. The van der Waals surface area contributed by atoms with Crippen LogP contribution in [0.25, 0.3) is 5.57 Å². The molecule has 5 rings (SSSR count). The molecule has 172 valence electrons. The van der Waals surface area contributed by atoms with Crippen LogP contribution in [-0.4, -0.2) is 36.9 Å². The van der Waals surface area contributed by atoms with E-state index >= 15 is 0 Å². The molecular weight excluding hydrogens is 424 g/mol. The van der Waals surface area contributed by atoms with E-state index in [9.17, 15) is 9.59 Å². The van der Waals surface area contributed by atoms with Crippen LogP contribution in [-0.2, 0) is 16.0 Å². The lowest BCUT2D eigenvalue weighted by atomic mass is 9.89. The van der Waals surface area contributed by atoms with E-state index in [4.69, 9.17) is 4.74 Å². The number of rotatable bonds is 6. The Kier molecular flexibility index (Phi) is 6.17. The van der Waals surface area contributed by atoms with Gasteiger partial charge in [-0.2, -0.15) is 0 Å². The molecule has 5 heteroatoms. The maximum absolute atomic E-state index is 13.7. The highest BCUT2D eigenvalue weighted by Gasteiger charge is 2.43. The number of benzene rings is 3. The van der Waals surface area contributed by atoms with Crippen molar-refractivity contribution in [3.05, 3.63) is 102 Å². The quantitative estimate of drug-likeness (QED) is 0.498. The van der Waals surface area contributed by atoms with E-state index in [2.05, 4.69) is 29.2 Å². The van der Waals surface area contributed by atoms with Crippen molar-refractivity contribution < 1.29 is 14.3 Å². The van der Waals surface area contributed by atoms with Crippen molar-refractivity contribution >= 4 is 23.1 Å². The minimum atomic E-state index is -0.275. The van der Waals surface area contributed by atoms with Crippen molar-refractivity contribution in [3.8, 4) is 5.75 Å². The molecule has 0 atom stereocenters. The summed E-state index contributed by atoms with van der Waals surface area (Å²) in [6, 6.07) is 27.1. The van der Waals surface area contributed by atoms with Crippen LogP contribution >= 0.6 is 0 Å². The monoisotopic (exact) mass is 452 g/mol. The van der Waals surface area contributed by atoms with Crippen molar-refractivity contribution in [3.63, 3.8) is 0 Å². The average molecular weight is 453 g/mol. The first-order valence-corrected chi connectivity index (χ1v) is 11.8. The summed E-state index contributed by atoms with van der Waals surface area (Å²) in [5, 5.41) is 0. The minimum absolute atomic E-state index is 0.254.